The van der Waals surface area contributed by atoms with Crippen LogP contribution in [0, 0.1) is 11.8 Å². The first kappa shape index (κ1) is 27.1. The number of nitrogens with one attached hydrogen (secondary N) is 4. The summed E-state index contributed by atoms with van der Waals surface area (Å²) in [7, 11) is 5.69. The lowest BCUT2D eigenvalue weighted by Crippen LogP contribution is -2.57. The van der Waals surface area contributed by atoms with Crippen molar-refractivity contribution in [3.63, 3.8) is 0 Å². The number of hydrogen-bond acceptors (Lipinski definition) is 5. The molecule has 0 radical (unpaired) electrons. The van der Waals surface area contributed by atoms with Crippen LogP contribution < -0.4 is 21.3 Å². The van der Waals surface area contributed by atoms with Gasteiger partial charge in [-0.05, 0) is 18.3 Å². The molecule has 30 heavy (non-hydrogen) atoms. The van der Waals surface area contributed by atoms with E-state index in [1.807, 2.05) is 27.7 Å². The molecule has 0 fully saturated rings. The molecule has 0 aliphatic carbocycles. The molecule has 0 bridgehead atoms. The molecule has 0 saturated heterocycles. The molecular formula is C19H36N6O5. The Morgan fingerprint density at radius 1 is 0.867 bits per heavy atom. The minimum atomic E-state index is -0.821. The second-order valence-corrected chi connectivity index (χ2v) is 7.86. The molecule has 0 aromatic carbocycles. The lowest BCUT2D eigenvalue weighted by Gasteiger charge is -2.32. The molecule has 0 aliphatic rings. The fourth-order valence-corrected chi connectivity index (χ4v) is 2.64. The molecule has 0 saturated carbocycles. The molecule has 0 heterocycles. The molecule has 0 aromatic heterocycles. The van der Waals surface area contributed by atoms with Gasteiger partial charge in [0, 0.05) is 28.2 Å². The average Bonchev–Trinajstić information content (AvgIpc) is 2.67. The van der Waals surface area contributed by atoms with Gasteiger partial charge in [-0.1, -0.05) is 27.7 Å². The number of nitrogens with zero attached hydrogens (tertiary/aromatic N) is 2. The van der Waals surface area contributed by atoms with Gasteiger partial charge in [0.15, 0.2) is 0 Å². The van der Waals surface area contributed by atoms with E-state index >= 15 is 0 Å². The molecule has 0 rings (SSSR count). The van der Waals surface area contributed by atoms with Crippen molar-refractivity contribution < 1.29 is 24.0 Å². The van der Waals surface area contributed by atoms with Crippen LogP contribution in [0.1, 0.15) is 34.1 Å². The Morgan fingerprint density at radius 2 is 1.43 bits per heavy atom. The minimum Gasteiger partial charge on any atom is -0.357 e. The van der Waals surface area contributed by atoms with E-state index in [0.717, 1.165) is 4.90 Å². The third kappa shape index (κ3) is 8.66. The number of imide groups is 1. The van der Waals surface area contributed by atoms with E-state index < -0.39 is 36.0 Å². The highest BCUT2D eigenvalue weighted by Crippen LogP contribution is 2.13. The standard InChI is InChI=1S/C19H36N6O5/c1-11(2)9-13(16(27)22-15(12(3)4)17(28)20-5)25(8)14(26)10-24(7)19(30)23-18(29)21-6/h11-13,15H,9-10H2,1-8H3,(H,20,28)(H,22,27)(H2,21,23,29,30)/t13-,15-/m0/s1. The van der Waals surface area contributed by atoms with E-state index in [4.69, 9.17) is 0 Å². The van der Waals surface area contributed by atoms with Crippen LogP contribution >= 0.6 is 0 Å². The Kier molecular flexibility index (Phi) is 11.5. The fourth-order valence-electron chi connectivity index (χ4n) is 2.64. The van der Waals surface area contributed by atoms with Crippen molar-refractivity contribution in [2.45, 2.75) is 46.2 Å². The van der Waals surface area contributed by atoms with E-state index in [2.05, 4.69) is 21.3 Å². The number of carbonyl (C=O) groups excluding carboxylic acids is 5. The summed E-state index contributed by atoms with van der Waals surface area (Å²) in [5, 5.41) is 9.55. The van der Waals surface area contributed by atoms with E-state index in [0.29, 0.717) is 6.42 Å². The number of urea groups is 2. The molecule has 4 N–H and O–H groups in total. The van der Waals surface area contributed by atoms with Gasteiger partial charge in [0.2, 0.25) is 17.7 Å². The first-order chi connectivity index (χ1) is 13.8. The smallest absolute Gasteiger partial charge is 0.325 e. The normalized spacial score (nSPS) is 12.6. The molecule has 0 aliphatic heterocycles. The van der Waals surface area contributed by atoms with E-state index in [1.165, 1.54) is 33.1 Å². The maximum Gasteiger partial charge on any atom is 0.325 e. The molecule has 11 heteroatoms. The van der Waals surface area contributed by atoms with Gasteiger partial charge in [0.1, 0.15) is 18.6 Å². The summed E-state index contributed by atoms with van der Waals surface area (Å²) in [6.45, 7) is 7.13. The summed E-state index contributed by atoms with van der Waals surface area (Å²) in [5.41, 5.74) is 0. The summed E-state index contributed by atoms with van der Waals surface area (Å²) >= 11 is 0. The lowest BCUT2D eigenvalue weighted by atomic mass is 9.99. The van der Waals surface area contributed by atoms with Gasteiger partial charge in [-0.25, -0.2) is 9.59 Å². The third-order valence-corrected chi connectivity index (χ3v) is 4.52. The van der Waals surface area contributed by atoms with Crippen molar-refractivity contribution in [2.24, 2.45) is 11.8 Å². The highest BCUT2D eigenvalue weighted by molar-refractivity contribution is 5.96. The summed E-state index contributed by atoms with van der Waals surface area (Å²) in [6.07, 6.45) is 0.376. The first-order valence-electron chi connectivity index (χ1n) is 9.87. The molecule has 2 atom stereocenters. The van der Waals surface area contributed by atoms with Crippen LogP contribution in [0.25, 0.3) is 0 Å². The topological polar surface area (TPSA) is 140 Å². The number of rotatable bonds is 9. The zero-order valence-corrected chi connectivity index (χ0v) is 19.2. The van der Waals surface area contributed by atoms with Crippen LogP contribution in [0.4, 0.5) is 9.59 Å². The van der Waals surface area contributed by atoms with E-state index in [-0.39, 0.29) is 24.3 Å². The van der Waals surface area contributed by atoms with Gasteiger partial charge < -0.3 is 25.8 Å². The summed E-state index contributed by atoms with van der Waals surface area (Å²) < 4.78 is 0. The maximum atomic E-state index is 12.9. The van der Waals surface area contributed by atoms with Crippen molar-refractivity contribution in [3.8, 4) is 0 Å². The molecule has 0 aromatic rings. The minimum absolute atomic E-state index is 0.0998. The van der Waals surface area contributed by atoms with Crippen molar-refractivity contribution in [3.05, 3.63) is 0 Å². The van der Waals surface area contributed by atoms with Gasteiger partial charge in [-0.3, -0.25) is 19.7 Å². The summed E-state index contributed by atoms with van der Waals surface area (Å²) in [6, 6.07) is -3.00. The van der Waals surface area contributed by atoms with Crippen LogP contribution in [-0.4, -0.2) is 86.4 Å². The molecule has 0 unspecified atom stereocenters. The maximum absolute atomic E-state index is 12.9. The predicted molar refractivity (Wildman–Crippen MR) is 112 cm³/mol. The first-order valence-corrected chi connectivity index (χ1v) is 9.87. The van der Waals surface area contributed by atoms with Crippen LogP contribution in [0.5, 0.6) is 0 Å². The van der Waals surface area contributed by atoms with Crippen molar-refractivity contribution >= 4 is 29.8 Å². The van der Waals surface area contributed by atoms with Crippen molar-refractivity contribution in [1.82, 2.24) is 31.1 Å². The number of hydrogen-bond donors (Lipinski definition) is 4. The van der Waals surface area contributed by atoms with Gasteiger partial charge in [-0.2, -0.15) is 0 Å². The zero-order chi connectivity index (χ0) is 23.6. The van der Waals surface area contributed by atoms with Gasteiger partial charge in [-0.15, -0.1) is 0 Å². The van der Waals surface area contributed by atoms with Crippen LogP contribution in [0.15, 0.2) is 0 Å². The van der Waals surface area contributed by atoms with E-state index in [1.54, 1.807) is 0 Å². The quantitative estimate of drug-likeness (QED) is 0.400. The zero-order valence-electron chi connectivity index (χ0n) is 19.2. The second kappa shape index (κ2) is 12.7. The van der Waals surface area contributed by atoms with Crippen molar-refractivity contribution in [2.75, 3.05) is 34.7 Å². The Balaban J connectivity index is 5.33. The fraction of sp³-hybridized carbons (Fsp3) is 0.737. The van der Waals surface area contributed by atoms with Gasteiger partial charge >= 0.3 is 12.1 Å². The van der Waals surface area contributed by atoms with Gasteiger partial charge in [0.25, 0.3) is 0 Å². The highest BCUT2D eigenvalue weighted by Gasteiger charge is 2.32. The van der Waals surface area contributed by atoms with Crippen LogP contribution in [0.2, 0.25) is 0 Å². The highest BCUT2D eigenvalue weighted by atomic mass is 16.2. The largest absolute Gasteiger partial charge is 0.357 e. The van der Waals surface area contributed by atoms with Crippen LogP contribution in [-0.2, 0) is 14.4 Å². The van der Waals surface area contributed by atoms with Gasteiger partial charge in [0.05, 0.1) is 0 Å². The molecule has 0 spiro atoms. The third-order valence-electron chi connectivity index (χ3n) is 4.52. The number of carbonyl (C=O) groups is 5. The van der Waals surface area contributed by atoms with E-state index in [9.17, 15) is 24.0 Å². The lowest BCUT2D eigenvalue weighted by molar-refractivity contribution is -0.141. The summed E-state index contributed by atoms with van der Waals surface area (Å²) in [4.78, 5) is 63.2. The Labute approximate surface area is 178 Å². The molecular weight excluding hydrogens is 392 g/mol. The van der Waals surface area contributed by atoms with Crippen molar-refractivity contribution in [1.29, 1.82) is 0 Å². The second-order valence-electron chi connectivity index (χ2n) is 7.86. The molecule has 172 valence electrons. The molecule has 11 nitrogen and oxygen atoms in total. The molecule has 7 amide bonds. The average molecular weight is 429 g/mol. The Bertz CT molecular complexity index is 637. The predicted octanol–water partition coefficient (Wildman–Crippen LogP) is -0.273. The Hall–Kier alpha value is -2.85. The monoisotopic (exact) mass is 428 g/mol. The Morgan fingerprint density at radius 3 is 1.87 bits per heavy atom. The van der Waals surface area contributed by atoms with Crippen LogP contribution in [0.3, 0.4) is 0 Å². The number of likely N-dealkylation sites (N-methyl/N-ethyl adjacent to an activating group) is 3. The SMILES string of the molecule is CNC(=O)NC(=O)N(C)CC(=O)N(C)[C@@H](CC(C)C)C(=O)N[C@H](C(=O)NC)C(C)C. The summed E-state index contributed by atoms with van der Waals surface area (Å²) in [5.74, 6) is -1.29. The number of amides is 7.